The number of fused-ring (bicyclic) bond motifs is 16. The van der Waals surface area contributed by atoms with Gasteiger partial charge in [0.1, 0.15) is 0 Å². The number of rotatable bonds is 3. The molecule has 2 aliphatic heterocycles. The molecule has 4 aromatic heterocycles. The molecule has 0 fully saturated rings. The summed E-state index contributed by atoms with van der Waals surface area (Å²) in [5, 5.41) is 17.9. The van der Waals surface area contributed by atoms with Crippen LogP contribution in [0, 0.1) is 0 Å². The molecule has 0 spiro atoms. The van der Waals surface area contributed by atoms with Crippen molar-refractivity contribution in [2.45, 2.75) is 209 Å². The molecule has 2 aliphatic rings. The summed E-state index contributed by atoms with van der Waals surface area (Å²) in [6, 6.07) is 77.3. The molecule has 17 aromatic rings. The number of benzene rings is 13. The van der Waals surface area contributed by atoms with Crippen molar-refractivity contribution in [2.75, 3.05) is 0 Å². The Morgan fingerprint density at radius 3 is 0.766 bits per heavy atom. The number of hydrogen-bond donors (Lipinski definition) is 0. The van der Waals surface area contributed by atoms with Crippen molar-refractivity contribution in [3.8, 4) is 33.9 Å². The van der Waals surface area contributed by atoms with Crippen molar-refractivity contribution in [2.24, 2.45) is 0 Å². The summed E-state index contributed by atoms with van der Waals surface area (Å²) >= 11 is 0. The minimum Gasteiger partial charge on any atom is -0.310 e. The van der Waals surface area contributed by atoms with Gasteiger partial charge in [-0.15, -0.1) is 0 Å². The van der Waals surface area contributed by atoms with Gasteiger partial charge in [0.2, 0.25) is 0 Å². The van der Waals surface area contributed by atoms with Crippen LogP contribution in [-0.4, -0.2) is 25.0 Å². The van der Waals surface area contributed by atoms with E-state index >= 15 is 0 Å². The fraction of sp³-hybridized carbons (Fsp3) is 0.314. The van der Waals surface area contributed by atoms with Gasteiger partial charge in [0.25, 0.3) is 6.71 Å². The molecule has 0 saturated heterocycles. The fourth-order valence-corrected chi connectivity index (χ4v) is 18.9. The molecule has 0 unspecified atom stereocenters. The molecular formula is C102H103BN4. The highest BCUT2D eigenvalue weighted by Crippen LogP contribution is 2.51. The average molecular weight is 1400 g/mol. The van der Waals surface area contributed by atoms with E-state index in [9.17, 15) is 0 Å². The summed E-state index contributed by atoms with van der Waals surface area (Å²) in [7, 11) is 0. The lowest BCUT2D eigenvalue weighted by Crippen LogP contribution is -2.59. The lowest BCUT2D eigenvalue weighted by atomic mass is 9.34. The van der Waals surface area contributed by atoms with E-state index in [1.165, 1.54) is 214 Å². The Balaban J connectivity index is 1.02. The van der Waals surface area contributed by atoms with Crippen LogP contribution in [-0.2, 0) is 43.3 Å². The molecule has 0 N–H and O–H groups in total. The first kappa shape index (κ1) is 67.7. The van der Waals surface area contributed by atoms with Crippen LogP contribution in [0.25, 0.3) is 153 Å². The molecule has 0 aliphatic carbocycles. The van der Waals surface area contributed by atoms with Gasteiger partial charge in [-0.2, -0.15) is 0 Å². The lowest BCUT2D eigenvalue weighted by molar-refractivity contribution is 0.590. The van der Waals surface area contributed by atoms with Gasteiger partial charge < -0.3 is 18.3 Å². The Kier molecular flexibility index (Phi) is 13.6. The first-order valence-electron chi connectivity index (χ1n) is 39.5. The summed E-state index contributed by atoms with van der Waals surface area (Å²) in [6.07, 6.45) is 0. The third-order valence-corrected chi connectivity index (χ3v) is 25.2. The normalized spacial score (nSPS) is 14.1. The van der Waals surface area contributed by atoms with Crippen molar-refractivity contribution in [3.05, 3.63) is 233 Å². The van der Waals surface area contributed by atoms with E-state index in [2.05, 4.69) is 372 Å². The van der Waals surface area contributed by atoms with Crippen LogP contribution in [0.3, 0.4) is 0 Å². The summed E-state index contributed by atoms with van der Waals surface area (Å²) in [5.74, 6) is 0. The van der Waals surface area contributed by atoms with Gasteiger partial charge in [-0.1, -0.05) is 233 Å². The quantitative estimate of drug-likeness (QED) is 0.124. The largest absolute Gasteiger partial charge is 0.310 e. The Morgan fingerprint density at radius 1 is 0.215 bits per heavy atom. The molecule has 0 saturated carbocycles. The van der Waals surface area contributed by atoms with Crippen LogP contribution in [0.4, 0.5) is 0 Å². The first-order valence-corrected chi connectivity index (χ1v) is 39.5. The van der Waals surface area contributed by atoms with Crippen LogP contribution in [0.1, 0.15) is 211 Å². The predicted octanol–water partition coefficient (Wildman–Crippen LogP) is 26.2. The minimum absolute atomic E-state index is 0.0550. The Morgan fingerprint density at radius 2 is 0.477 bits per heavy atom. The lowest BCUT2D eigenvalue weighted by Gasteiger charge is -2.36. The summed E-state index contributed by atoms with van der Waals surface area (Å²) in [4.78, 5) is 0. The second-order valence-electron chi connectivity index (χ2n) is 40.8. The molecule has 0 atom stereocenters. The summed E-state index contributed by atoms with van der Waals surface area (Å²) in [6.45, 7) is 56.8. The van der Waals surface area contributed by atoms with E-state index in [4.69, 9.17) is 0 Å². The third kappa shape index (κ3) is 9.85. The number of aromatic nitrogens is 4. The van der Waals surface area contributed by atoms with Gasteiger partial charge in [0.15, 0.2) is 0 Å². The maximum Gasteiger partial charge on any atom is 0.252 e. The molecule has 19 rings (SSSR count). The van der Waals surface area contributed by atoms with Crippen LogP contribution in [0.15, 0.2) is 188 Å². The number of hydrogen-bond acceptors (Lipinski definition) is 0. The molecular weight excluding hydrogens is 1290 g/mol. The zero-order chi connectivity index (χ0) is 75.3. The van der Waals surface area contributed by atoms with Crippen molar-refractivity contribution in [3.63, 3.8) is 0 Å². The molecule has 534 valence electrons. The highest BCUT2D eigenvalue weighted by Gasteiger charge is 2.44. The van der Waals surface area contributed by atoms with Gasteiger partial charge in [0, 0.05) is 81.7 Å². The standard InChI is InChI=1S/C102H103BN4/c1-95(2,3)60-28-34-80-68(46-60)69-47-61(96(4,5)6)29-35-81(69)104(80)86-42-56-26-25-27-57-43-87(105-82-36-30-62(97(7,8)9)48-70(82)71-49-63(98(10,11)12)31-37-83(71)105)77-41-58(40-76(86)91(77)90(56)57)59-44-88-92-89(45-59)107-85-39-33-65(100(16,17)18)51-73(85)75-53-67(102(22,23)24)55-79(94(75)107)103(92)78-54-66(101(19,20)21)52-74-72-50-64(99(13,14)15)32-38-84(72)106(88)93(74)78/h25-55H,1-24H3. The second-order valence-corrected chi connectivity index (χ2v) is 40.8. The van der Waals surface area contributed by atoms with Crippen molar-refractivity contribution >= 4 is 143 Å². The average Bonchev–Trinajstić information content (AvgIpc) is 1.54. The monoisotopic (exact) mass is 1390 g/mol. The molecule has 107 heavy (non-hydrogen) atoms. The second kappa shape index (κ2) is 21.5. The molecule has 6 heterocycles. The topological polar surface area (TPSA) is 19.7 Å². The molecule has 5 heteroatoms. The van der Waals surface area contributed by atoms with Crippen molar-refractivity contribution < 1.29 is 0 Å². The Hall–Kier alpha value is -9.84. The molecule has 0 amide bonds. The maximum atomic E-state index is 2.73. The molecule has 0 radical (unpaired) electrons. The van der Waals surface area contributed by atoms with Crippen molar-refractivity contribution in [1.29, 1.82) is 0 Å². The van der Waals surface area contributed by atoms with Crippen LogP contribution in [0.5, 0.6) is 0 Å². The summed E-state index contributed by atoms with van der Waals surface area (Å²) in [5.41, 5.74) is 31.5. The van der Waals surface area contributed by atoms with E-state index in [1.54, 1.807) is 0 Å². The highest BCUT2D eigenvalue weighted by molar-refractivity contribution is 7.00. The SMILES string of the molecule is CC(C)(C)c1ccc2c(c1)c1cc(C(C)(C)C)ccc1n2-c1cc2cccc3cc(-n4c5ccc(C(C)(C)C)cc5c5cc(C(C)(C)C)ccc54)c4cc(-c5cc6c7c(c5)-n5c8ccc(C(C)(C)C)cc8c8cc(C(C)(C)C)cc(c85)B7c5cc(C(C)(C)C)cc7c8cc(C(C)(C)C)ccc8n-6c57)cc1c4c23. The van der Waals surface area contributed by atoms with Crippen LogP contribution < -0.4 is 16.4 Å². The Bertz CT molecular complexity index is 6260. The van der Waals surface area contributed by atoms with E-state index in [0.717, 1.165) is 0 Å². The fourth-order valence-electron chi connectivity index (χ4n) is 18.9. The van der Waals surface area contributed by atoms with Gasteiger partial charge in [0.05, 0.1) is 44.5 Å². The van der Waals surface area contributed by atoms with Gasteiger partial charge >= 0.3 is 0 Å². The molecule has 13 aromatic carbocycles. The van der Waals surface area contributed by atoms with Gasteiger partial charge in [-0.3, -0.25) is 0 Å². The zero-order valence-corrected chi connectivity index (χ0v) is 67.8. The van der Waals surface area contributed by atoms with Crippen LogP contribution >= 0.6 is 0 Å². The highest BCUT2D eigenvalue weighted by atomic mass is 15.0. The predicted molar refractivity (Wildman–Crippen MR) is 467 cm³/mol. The Labute approximate surface area is 632 Å². The first-order chi connectivity index (χ1) is 50.1. The van der Waals surface area contributed by atoms with E-state index in [0.29, 0.717) is 0 Å². The van der Waals surface area contributed by atoms with Crippen LogP contribution in [0.2, 0.25) is 0 Å². The number of nitrogens with zero attached hydrogens (tertiary/aromatic N) is 4. The zero-order valence-electron chi connectivity index (χ0n) is 67.8. The molecule has 4 nitrogen and oxygen atoms in total. The van der Waals surface area contributed by atoms with E-state index < -0.39 is 0 Å². The maximum absolute atomic E-state index is 2.73. The summed E-state index contributed by atoms with van der Waals surface area (Å²) < 4.78 is 10.7. The van der Waals surface area contributed by atoms with Crippen molar-refractivity contribution in [1.82, 2.24) is 18.3 Å². The van der Waals surface area contributed by atoms with Gasteiger partial charge in [-0.05, 0) is 253 Å². The third-order valence-electron chi connectivity index (χ3n) is 25.2. The minimum atomic E-state index is -0.119. The smallest absolute Gasteiger partial charge is 0.252 e. The molecule has 0 bridgehead atoms. The van der Waals surface area contributed by atoms with Gasteiger partial charge in [-0.25, -0.2) is 0 Å². The van der Waals surface area contributed by atoms with E-state index in [1.807, 2.05) is 0 Å². The van der Waals surface area contributed by atoms with E-state index in [-0.39, 0.29) is 50.0 Å².